The number of aromatic nitrogens is 2. The summed E-state index contributed by atoms with van der Waals surface area (Å²) in [5.74, 6) is -0.0471. The molecule has 3 heterocycles. The number of likely N-dealkylation sites (tertiary alicyclic amines) is 2. The quantitative estimate of drug-likeness (QED) is 0.451. The number of carboxylic acid groups (broad SMARTS) is 1. The third-order valence-electron chi connectivity index (χ3n) is 8.92. The number of rotatable bonds is 10. The van der Waals surface area contributed by atoms with Crippen molar-refractivity contribution in [1.29, 1.82) is 0 Å². The molecule has 0 bridgehead atoms. The Morgan fingerprint density at radius 3 is 2.20 bits per heavy atom. The van der Waals surface area contributed by atoms with Gasteiger partial charge in [0.2, 0.25) is 5.91 Å². The molecule has 1 aromatic carbocycles. The van der Waals surface area contributed by atoms with Crippen LogP contribution in [-0.4, -0.2) is 81.5 Å². The fourth-order valence-electron chi connectivity index (χ4n) is 6.65. The molecule has 2 saturated heterocycles. The van der Waals surface area contributed by atoms with Crippen LogP contribution >= 0.6 is 0 Å². The van der Waals surface area contributed by atoms with Crippen LogP contribution in [0.1, 0.15) is 72.4 Å². The van der Waals surface area contributed by atoms with Gasteiger partial charge in [-0.05, 0) is 57.4 Å². The summed E-state index contributed by atoms with van der Waals surface area (Å²) in [6.07, 6.45) is 4.04. The van der Waals surface area contributed by atoms with E-state index in [-0.39, 0.29) is 29.8 Å². The van der Waals surface area contributed by atoms with Gasteiger partial charge in [0, 0.05) is 38.6 Å². The number of benzene rings is 1. The molecule has 4 atom stereocenters. The van der Waals surface area contributed by atoms with Gasteiger partial charge in [-0.1, -0.05) is 43.2 Å². The van der Waals surface area contributed by atoms with Gasteiger partial charge >= 0.3 is 12.0 Å². The van der Waals surface area contributed by atoms with Crippen molar-refractivity contribution in [1.82, 2.24) is 25.1 Å². The van der Waals surface area contributed by atoms with E-state index in [1.54, 1.807) is 13.8 Å². The molecule has 2 N–H and O–H groups in total. The smallest absolute Gasteiger partial charge is 0.344 e. The van der Waals surface area contributed by atoms with E-state index in [1.807, 2.05) is 23.1 Å². The number of carboxylic acids is 1. The molecule has 2 amide bonds. The van der Waals surface area contributed by atoms with Gasteiger partial charge in [-0.25, -0.2) is 4.79 Å². The number of hydrogen-bond donors (Lipinski definition) is 2. The molecule has 3 fully saturated rings. The topological polar surface area (TPSA) is 125 Å². The van der Waals surface area contributed by atoms with Crippen molar-refractivity contribution in [2.24, 2.45) is 17.8 Å². The Bertz CT molecular complexity index is 1230. The zero-order valence-corrected chi connectivity index (χ0v) is 24.2. The van der Waals surface area contributed by atoms with Crippen LogP contribution < -0.4 is 10.1 Å². The summed E-state index contributed by atoms with van der Waals surface area (Å²) >= 11 is 0. The van der Waals surface area contributed by atoms with Crippen LogP contribution in [0.15, 0.2) is 30.3 Å². The van der Waals surface area contributed by atoms with Crippen LogP contribution in [0.5, 0.6) is 6.01 Å². The summed E-state index contributed by atoms with van der Waals surface area (Å²) in [5, 5.41) is 12.4. The van der Waals surface area contributed by atoms with E-state index in [0.717, 1.165) is 57.3 Å². The van der Waals surface area contributed by atoms with Crippen LogP contribution in [-0.2, 0) is 9.59 Å². The Balaban J connectivity index is 1.16. The van der Waals surface area contributed by atoms with Crippen molar-refractivity contribution >= 4 is 17.8 Å². The molecule has 5 rings (SSSR count). The van der Waals surface area contributed by atoms with E-state index in [4.69, 9.17) is 9.84 Å². The van der Waals surface area contributed by atoms with Gasteiger partial charge in [0.15, 0.2) is 6.10 Å². The first kappa shape index (κ1) is 29.0. The Labute approximate surface area is 241 Å². The van der Waals surface area contributed by atoms with Crippen molar-refractivity contribution < 1.29 is 24.2 Å². The average molecular weight is 564 g/mol. The molecule has 1 saturated carbocycles. The molecule has 0 radical (unpaired) electrons. The van der Waals surface area contributed by atoms with E-state index in [0.29, 0.717) is 41.9 Å². The lowest BCUT2D eigenvalue weighted by molar-refractivity contribution is -0.144. The molecule has 10 heteroatoms. The number of carbonyl (C=O) groups is 3. The average Bonchev–Trinajstić information content (AvgIpc) is 3.68. The van der Waals surface area contributed by atoms with Crippen LogP contribution in [0.4, 0.5) is 0 Å². The number of fused-ring (bicyclic) bond motifs is 1. The second kappa shape index (κ2) is 12.5. The number of amides is 2. The van der Waals surface area contributed by atoms with E-state index >= 15 is 0 Å². The highest BCUT2D eigenvalue weighted by atomic mass is 16.5. The van der Waals surface area contributed by atoms with Crippen molar-refractivity contribution in [3.05, 3.63) is 52.8 Å². The van der Waals surface area contributed by atoms with E-state index < -0.39 is 12.1 Å². The Morgan fingerprint density at radius 2 is 1.61 bits per heavy atom. The highest BCUT2D eigenvalue weighted by Gasteiger charge is 2.42. The molecule has 4 unspecified atom stereocenters. The molecule has 1 aliphatic carbocycles. The second-order valence-electron chi connectivity index (χ2n) is 11.9. The fraction of sp³-hybridized carbons (Fsp3) is 0.581. The van der Waals surface area contributed by atoms with E-state index in [2.05, 4.69) is 32.3 Å². The number of aryl methyl sites for hydroxylation is 2. The van der Waals surface area contributed by atoms with Gasteiger partial charge in [0.25, 0.3) is 5.91 Å². The highest BCUT2D eigenvalue weighted by Crippen LogP contribution is 2.33. The van der Waals surface area contributed by atoms with Gasteiger partial charge in [0.1, 0.15) is 0 Å². The van der Waals surface area contributed by atoms with Crippen molar-refractivity contribution in [2.45, 2.75) is 65.0 Å². The second-order valence-corrected chi connectivity index (χ2v) is 11.9. The normalized spacial score (nSPS) is 22.4. The zero-order chi connectivity index (χ0) is 29.1. The molecule has 3 aliphatic rings. The van der Waals surface area contributed by atoms with Crippen molar-refractivity contribution in [3.63, 3.8) is 0 Å². The summed E-state index contributed by atoms with van der Waals surface area (Å²) in [6, 6.07) is 10.2. The predicted molar refractivity (Wildman–Crippen MR) is 152 cm³/mol. The molecule has 220 valence electrons. The van der Waals surface area contributed by atoms with E-state index in [1.165, 1.54) is 6.92 Å². The molecule has 2 aromatic rings. The first-order valence-corrected chi connectivity index (χ1v) is 14.8. The van der Waals surface area contributed by atoms with Crippen LogP contribution in [0, 0.1) is 31.6 Å². The van der Waals surface area contributed by atoms with Crippen molar-refractivity contribution in [2.75, 3.05) is 32.7 Å². The van der Waals surface area contributed by atoms with Crippen LogP contribution in [0.25, 0.3) is 0 Å². The summed E-state index contributed by atoms with van der Waals surface area (Å²) in [7, 11) is 0. The maximum absolute atomic E-state index is 13.5. The molecule has 1 aromatic heterocycles. The summed E-state index contributed by atoms with van der Waals surface area (Å²) in [4.78, 5) is 50.4. The van der Waals surface area contributed by atoms with Crippen LogP contribution in [0.2, 0.25) is 0 Å². The van der Waals surface area contributed by atoms with Gasteiger partial charge in [-0.15, -0.1) is 0 Å². The number of hydrogen-bond acceptors (Lipinski definition) is 7. The Hall–Kier alpha value is -3.53. The van der Waals surface area contributed by atoms with Gasteiger partial charge in [-0.3, -0.25) is 9.59 Å². The predicted octanol–water partition coefficient (Wildman–Crippen LogP) is 3.39. The Morgan fingerprint density at radius 1 is 1.00 bits per heavy atom. The molecule has 10 nitrogen and oxygen atoms in total. The number of carbonyl (C=O) groups excluding carboxylic acids is 2. The Kier molecular flexibility index (Phi) is 8.87. The summed E-state index contributed by atoms with van der Waals surface area (Å²) in [6.45, 7) is 9.01. The number of nitrogens with one attached hydrogen (secondary N) is 1. The third-order valence-corrected chi connectivity index (χ3v) is 8.92. The molecule has 2 aliphatic heterocycles. The van der Waals surface area contributed by atoms with Crippen LogP contribution in [0.3, 0.4) is 0 Å². The lowest BCUT2D eigenvalue weighted by atomic mass is 10.0. The lowest BCUT2D eigenvalue weighted by Gasteiger charge is -2.26. The number of ether oxygens (including phenoxy) is 1. The van der Waals surface area contributed by atoms with Gasteiger partial charge in [0.05, 0.1) is 23.0 Å². The van der Waals surface area contributed by atoms with Gasteiger partial charge in [-0.2, -0.15) is 9.97 Å². The summed E-state index contributed by atoms with van der Waals surface area (Å²) in [5.41, 5.74) is 2.58. The monoisotopic (exact) mass is 563 g/mol. The minimum atomic E-state index is -1.11. The SMILES string of the molecule is Cc1nc(OC(C)C(=O)O)nc(C)c1C(=O)N1CC2CN(CCC(NC(=O)C3CCCC3)c3ccccc3)CC2C1. The molecular formula is C31H41N5O5. The number of nitrogens with zero attached hydrogens (tertiary/aromatic N) is 4. The van der Waals surface area contributed by atoms with Gasteiger partial charge < -0.3 is 25.0 Å². The maximum Gasteiger partial charge on any atom is 0.344 e. The largest absolute Gasteiger partial charge is 0.479 e. The highest BCUT2D eigenvalue weighted by molar-refractivity contribution is 5.96. The summed E-state index contributed by atoms with van der Waals surface area (Å²) < 4.78 is 5.31. The minimum Gasteiger partial charge on any atom is -0.479 e. The number of aliphatic carboxylic acids is 1. The standard InChI is InChI=1S/C31H41N5O5/c1-19-27(20(2)33-31(32-19)41-21(3)30(39)40)29(38)36-17-24-15-35(16-25(24)18-36)14-13-26(22-9-5-4-6-10-22)34-28(37)23-11-7-8-12-23/h4-6,9-10,21,23-26H,7-8,11-18H2,1-3H3,(H,34,37)(H,39,40). The minimum absolute atomic E-state index is 0.000736. The molecular weight excluding hydrogens is 522 g/mol. The fourth-order valence-corrected chi connectivity index (χ4v) is 6.65. The maximum atomic E-state index is 13.5. The van der Waals surface area contributed by atoms with Crippen molar-refractivity contribution in [3.8, 4) is 6.01 Å². The molecule has 41 heavy (non-hydrogen) atoms. The van der Waals surface area contributed by atoms with E-state index in [9.17, 15) is 14.4 Å². The first-order chi connectivity index (χ1) is 19.7. The first-order valence-electron chi connectivity index (χ1n) is 14.8. The molecule has 0 spiro atoms. The zero-order valence-electron chi connectivity index (χ0n) is 24.2. The third kappa shape index (κ3) is 6.69. The lowest BCUT2D eigenvalue weighted by Crippen LogP contribution is -2.37.